The number of halogens is 1. The Balaban J connectivity index is 2.51. The Kier molecular flexibility index (Phi) is 5.60. The highest BCUT2D eigenvalue weighted by Crippen LogP contribution is 2.14. The third-order valence-electron chi connectivity index (χ3n) is 2.50. The van der Waals surface area contributed by atoms with E-state index >= 15 is 0 Å². The first-order valence-electron chi connectivity index (χ1n) is 5.82. The second-order valence-electron chi connectivity index (χ2n) is 3.79. The van der Waals surface area contributed by atoms with Crippen molar-refractivity contribution in [3.63, 3.8) is 0 Å². The van der Waals surface area contributed by atoms with Gasteiger partial charge in [-0.05, 0) is 35.3 Å². The molecule has 1 aromatic rings. The summed E-state index contributed by atoms with van der Waals surface area (Å²) in [5.74, 6) is 0.0173. The van der Waals surface area contributed by atoms with Crippen LogP contribution in [-0.4, -0.2) is 17.0 Å². The maximum Gasteiger partial charge on any atom is 0.267 e. The lowest BCUT2D eigenvalue weighted by Gasteiger charge is -2.07. The van der Waals surface area contributed by atoms with E-state index in [9.17, 15) is 4.79 Å². The number of aryl methyl sites for hydroxylation is 1. The first kappa shape index (κ1) is 13.3. The van der Waals surface area contributed by atoms with E-state index in [2.05, 4.69) is 28.2 Å². The van der Waals surface area contributed by atoms with Gasteiger partial charge >= 0.3 is 0 Å². The third kappa shape index (κ3) is 3.67. The second kappa shape index (κ2) is 6.74. The topological polar surface area (TPSA) is 34.0 Å². The standard InChI is InChI=1S/C12H19BrN2O/c1-3-5-6-7-14-12(16)11-8-10(13)9-15(11)4-2/h8-9H,3-7H2,1-2H3,(H,14,16). The Bertz CT molecular complexity index is 347. The van der Waals surface area contributed by atoms with Gasteiger partial charge in [0.05, 0.1) is 0 Å². The summed E-state index contributed by atoms with van der Waals surface area (Å²) in [6, 6.07) is 1.86. The summed E-state index contributed by atoms with van der Waals surface area (Å²) in [7, 11) is 0. The van der Waals surface area contributed by atoms with Crippen LogP contribution >= 0.6 is 15.9 Å². The second-order valence-corrected chi connectivity index (χ2v) is 4.71. The van der Waals surface area contributed by atoms with E-state index in [4.69, 9.17) is 0 Å². The zero-order valence-electron chi connectivity index (χ0n) is 9.92. The molecule has 0 saturated heterocycles. The number of aromatic nitrogens is 1. The maximum atomic E-state index is 11.8. The van der Waals surface area contributed by atoms with E-state index in [0.29, 0.717) is 0 Å². The highest BCUT2D eigenvalue weighted by Gasteiger charge is 2.11. The van der Waals surface area contributed by atoms with Crippen molar-refractivity contribution in [2.75, 3.05) is 6.54 Å². The summed E-state index contributed by atoms with van der Waals surface area (Å²) in [5, 5.41) is 2.94. The van der Waals surface area contributed by atoms with Crippen LogP contribution in [0.3, 0.4) is 0 Å². The molecule has 1 heterocycles. The molecule has 3 nitrogen and oxygen atoms in total. The van der Waals surface area contributed by atoms with Crippen molar-refractivity contribution in [3.05, 3.63) is 22.4 Å². The Morgan fingerprint density at radius 3 is 2.81 bits per heavy atom. The summed E-state index contributed by atoms with van der Waals surface area (Å²) >= 11 is 3.38. The Morgan fingerprint density at radius 1 is 1.44 bits per heavy atom. The van der Waals surface area contributed by atoms with Crippen LogP contribution in [0, 0.1) is 0 Å². The minimum absolute atomic E-state index is 0.0173. The minimum atomic E-state index is 0.0173. The van der Waals surface area contributed by atoms with Crippen molar-refractivity contribution in [2.24, 2.45) is 0 Å². The van der Waals surface area contributed by atoms with E-state index in [1.54, 1.807) is 0 Å². The molecular weight excluding hydrogens is 268 g/mol. The largest absolute Gasteiger partial charge is 0.351 e. The predicted molar refractivity (Wildman–Crippen MR) is 69.7 cm³/mol. The van der Waals surface area contributed by atoms with Crippen LogP contribution in [-0.2, 0) is 6.54 Å². The number of carbonyl (C=O) groups excluding carboxylic acids is 1. The van der Waals surface area contributed by atoms with Crippen molar-refractivity contribution >= 4 is 21.8 Å². The molecule has 0 spiro atoms. The van der Waals surface area contributed by atoms with Gasteiger partial charge in [-0.1, -0.05) is 19.8 Å². The van der Waals surface area contributed by atoms with Gasteiger partial charge in [0.25, 0.3) is 5.91 Å². The van der Waals surface area contributed by atoms with Gasteiger partial charge in [0.2, 0.25) is 0 Å². The Hall–Kier alpha value is -0.770. The summed E-state index contributed by atoms with van der Waals surface area (Å²) in [5.41, 5.74) is 0.728. The van der Waals surface area contributed by atoms with Crippen LogP contribution in [0.25, 0.3) is 0 Å². The number of hydrogen-bond donors (Lipinski definition) is 1. The van der Waals surface area contributed by atoms with Crippen molar-refractivity contribution in [1.29, 1.82) is 0 Å². The first-order valence-corrected chi connectivity index (χ1v) is 6.62. The fourth-order valence-corrected chi connectivity index (χ4v) is 2.06. The van der Waals surface area contributed by atoms with Gasteiger partial charge in [0.1, 0.15) is 5.69 Å². The van der Waals surface area contributed by atoms with Crippen molar-refractivity contribution < 1.29 is 4.79 Å². The summed E-state index contributed by atoms with van der Waals surface area (Å²) in [4.78, 5) is 11.8. The predicted octanol–water partition coefficient (Wildman–Crippen LogP) is 3.19. The molecule has 0 unspecified atom stereocenters. The van der Waals surface area contributed by atoms with E-state index in [0.717, 1.165) is 29.7 Å². The van der Waals surface area contributed by atoms with Crippen LogP contribution < -0.4 is 5.32 Å². The van der Waals surface area contributed by atoms with Gasteiger partial charge in [0.15, 0.2) is 0 Å². The van der Waals surface area contributed by atoms with Crippen LogP contribution in [0.4, 0.5) is 0 Å². The molecule has 0 fully saturated rings. The van der Waals surface area contributed by atoms with Gasteiger partial charge in [-0.3, -0.25) is 4.79 Å². The fourth-order valence-electron chi connectivity index (χ4n) is 1.59. The number of nitrogens with one attached hydrogen (secondary N) is 1. The van der Waals surface area contributed by atoms with Crippen molar-refractivity contribution in [1.82, 2.24) is 9.88 Å². The molecule has 0 radical (unpaired) electrons. The lowest BCUT2D eigenvalue weighted by molar-refractivity contribution is 0.0944. The summed E-state index contributed by atoms with van der Waals surface area (Å²) in [6.07, 6.45) is 5.32. The molecule has 1 N–H and O–H groups in total. The van der Waals surface area contributed by atoms with Crippen LogP contribution in [0.2, 0.25) is 0 Å². The molecule has 1 rings (SSSR count). The molecule has 16 heavy (non-hydrogen) atoms. The number of hydrogen-bond acceptors (Lipinski definition) is 1. The lowest BCUT2D eigenvalue weighted by Crippen LogP contribution is -2.26. The summed E-state index contributed by atoms with van der Waals surface area (Å²) < 4.78 is 2.90. The highest BCUT2D eigenvalue weighted by atomic mass is 79.9. The van der Waals surface area contributed by atoms with Crippen molar-refractivity contribution in [3.8, 4) is 0 Å². The number of carbonyl (C=O) groups is 1. The minimum Gasteiger partial charge on any atom is -0.351 e. The number of rotatable bonds is 6. The molecule has 0 aliphatic rings. The third-order valence-corrected chi connectivity index (χ3v) is 2.94. The quantitative estimate of drug-likeness (QED) is 0.801. The Labute approximate surface area is 105 Å². The molecule has 0 aromatic carbocycles. The SMILES string of the molecule is CCCCCNC(=O)c1cc(Br)cn1CC. The zero-order valence-corrected chi connectivity index (χ0v) is 11.5. The van der Waals surface area contributed by atoms with E-state index in [1.165, 1.54) is 12.8 Å². The van der Waals surface area contributed by atoms with Gasteiger partial charge < -0.3 is 9.88 Å². The normalized spacial score (nSPS) is 10.4. The van der Waals surface area contributed by atoms with Gasteiger partial charge in [-0.25, -0.2) is 0 Å². The average Bonchev–Trinajstić information content (AvgIpc) is 2.65. The highest BCUT2D eigenvalue weighted by molar-refractivity contribution is 9.10. The van der Waals surface area contributed by atoms with Crippen LogP contribution in [0.5, 0.6) is 0 Å². The molecule has 0 bridgehead atoms. The molecule has 1 amide bonds. The smallest absolute Gasteiger partial charge is 0.267 e. The number of nitrogens with zero attached hydrogens (tertiary/aromatic N) is 1. The fraction of sp³-hybridized carbons (Fsp3) is 0.583. The zero-order chi connectivity index (χ0) is 12.0. The lowest BCUT2D eigenvalue weighted by atomic mass is 10.2. The van der Waals surface area contributed by atoms with Crippen LogP contribution in [0.15, 0.2) is 16.7 Å². The maximum absolute atomic E-state index is 11.8. The number of amides is 1. The molecule has 0 atom stereocenters. The van der Waals surface area contributed by atoms with E-state index in [1.807, 2.05) is 23.8 Å². The molecule has 0 aliphatic carbocycles. The molecule has 90 valence electrons. The molecule has 0 aliphatic heterocycles. The molecule has 1 aromatic heterocycles. The van der Waals surface area contributed by atoms with Crippen LogP contribution in [0.1, 0.15) is 43.6 Å². The molecule has 0 saturated carbocycles. The van der Waals surface area contributed by atoms with E-state index < -0.39 is 0 Å². The molecular formula is C12H19BrN2O. The van der Waals surface area contributed by atoms with Gasteiger partial charge in [-0.2, -0.15) is 0 Å². The average molecular weight is 287 g/mol. The first-order chi connectivity index (χ1) is 7.69. The summed E-state index contributed by atoms with van der Waals surface area (Å²) in [6.45, 7) is 5.75. The van der Waals surface area contributed by atoms with E-state index in [-0.39, 0.29) is 5.91 Å². The van der Waals surface area contributed by atoms with Gasteiger partial charge in [0, 0.05) is 23.8 Å². The Morgan fingerprint density at radius 2 is 2.19 bits per heavy atom. The van der Waals surface area contributed by atoms with Crippen molar-refractivity contribution in [2.45, 2.75) is 39.7 Å². The number of unbranched alkanes of at least 4 members (excludes halogenated alkanes) is 2. The monoisotopic (exact) mass is 286 g/mol. The van der Waals surface area contributed by atoms with Gasteiger partial charge in [-0.15, -0.1) is 0 Å². The molecule has 4 heteroatoms.